The molecule has 0 bridgehead atoms. The van der Waals surface area contributed by atoms with E-state index in [1.54, 1.807) is 17.5 Å². The van der Waals surface area contributed by atoms with Crippen LogP contribution in [0.15, 0.2) is 52.5 Å². The first kappa shape index (κ1) is 25.7. The van der Waals surface area contributed by atoms with Crippen LogP contribution in [0.3, 0.4) is 0 Å². The van der Waals surface area contributed by atoms with Crippen molar-refractivity contribution in [3.05, 3.63) is 64.5 Å². The molecule has 3 heterocycles. The van der Waals surface area contributed by atoms with Crippen LogP contribution in [0.1, 0.15) is 30.1 Å². The maximum absolute atomic E-state index is 12.8. The van der Waals surface area contributed by atoms with E-state index in [2.05, 4.69) is 15.2 Å². The lowest BCUT2D eigenvalue weighted by Gasteiger charge is -2.36. The number of nitrogens with one attached hydrogen (secondary N) is 1. The Bertz CT molecular complexity index is 1200. The Balaban J connectivity index is 1.27. The van der Waals surface area contributed by atoms with Gasteiger partial charge < -0.3 is 24.4 Å². The topological polar surface area (TPSA) is 99.0 Å². The number of rotatable bonds is 8. The molecule has 0 spiro atoms. The third-order valence-corrected chi connectivity index (χ3v) is 7.01. The number of benzene rings is 1. The van der Waals surface area contributed by atoms with Crippen molar-refractivity contribution >= 4 is 51.5 Å². The smallest absolute Gasteiger partial charge is 0.290 e. The Hall–Kier alpha value is -3.37. The van der Waals surface area contributed by atoms with E-state index < -0.39 is 0 Å². The molecule has 36 heavy (non-hydrogen) atoms. The molecule has 1 aromatic carbocycles. The monoisotopic (exact) mass is 529 g/mol. The largest absolute Gasteiger partial charge is 0.459 e. The van der Waals surface area contributed by atoms with E-state index in [4.69, 9.17) is 16.0 Å². The van der Waals surface area contributed by atoms with E-state index in [-0.39, 0.29) is 42.5 Å². The number of hydrogen-bond donors (Lipinski definition) is 1. The SMILES string of the molecule is CC(C)N(CC(=O)Nc1nc(CC(=O)N2CCN(c3ccccc3Cl)CC2)cs1)C(=O)c1ccco1. The van der Waals surface area contributed by atoms with Crippen molar-refractivity contribution in [2.45, 2.75) is 26.3 Å². The van der Waals surface area contributed by atoms with E-state index in [1.165, 1.54) is 22.5 Å². The molecule has 0 unspecified atom stereocenters. The number of aromatic nitrogens is 1. The highest BCUT2D eigenvalue weighted by Gasteiger charge is 2.25. The highest BCUT2D eigenvalue weighted by Crippen LogP contribution is 2.26. The minimum Gasteiger partial charge on any atom is -0.459 e. The zero-order valence-corrected chi connectivity index (χ0v) is 21.7. The second-order valence-corrected chi connectivity index (χ2v) is 9.96. The van der Waals surface area contributed by atoms with E-state index in [9.17, 15) is 14.4 Å². The molecule has 1 N–H and O–H groups in total. The maximum Gasteiger partial charge on any atom is 0.290 e. The van der Waals surface area contributed by atoms with E-state index in [0.29, 0.717) is 42.0 Å². The number of thiazole rings is 1. The summed E-state index contributed by atoms with van der Waals surface area (Å²) < 4.78 is 5.17. The van der Waals surface area contributed by atoms with Gasteiger partial charge in [0.1, 0.15) is 6.54 Å². The molecule has 1 saturated heterocycles. The predicted molar refractivity (Wildman–Crippen MR) is 140 cm³/mol. The number of carbonyl (C=O) groups is 3. The lowest BCUT2D eigenvalue weighted by Crippen LogP contribution is -2.49. The van der Waals surface area contributed by atoms with Crippen LogP contribution in [0.2, 0.25) is 5.02 Å². The van der Waals surface area contributed by atoms with Gasteiger partial charge in [0.05, 0.1) is 29.1 Å². The molecular formula is C25H28ClN5O4S. The van der Waals surface area contributed by atoms with E-state index in [1.807, 2.05) is 43.0 Å². The molecule has 1 aliphatic heterocycles. The Kier molecular flexibility index (Phi) is 8.27. The van der Waals surface area contributed by atoms with Gasteiger partial charge in [-0.1, -0.05) is 23.7 Å². The fourth-order valence-corrected chi connectivity index (χ4v) is 4.94. The minimum atomic E-state index is -0.369. The van der Waals surface area contributed by atoms with Crippen LogP contribution >= 0.6 is 22.9 Å². The van der Waals surface area contributed by atoms with Gasteiger partial charge >= 0.3 is 0 Å². The number of piperazine rings is 1. The molecule has 0 aliphatic carbocycles. The van der Waals surface area contributed by atoms with Crippen LogP contribution in [-0.2, 0) is 16.0 Å². The summed E-state index contributed by atoms with van der Waals surface area (Å²) in [7, 11) is 0. The molecule has 0 atom stereocenters. The summed E-state index contributed by atoms with van der Waals surface area (Å²) in [6.07, 6.45) is 1.58. The molecule has 9 nitrogen and oxygen atoms in total. The van der Waals surface area contributed by atoms with Gasteiger partial charge in [-0.15, -0.1) is 11.3 Å². The van der Waals surface area contributed by atoms with E-state index >= 15 is 0 Å². The van der Waals surface area contributed by atoms with Gasteiger partial charge in [-0.2, -0.15) is 0 Å². The first-order valence-corrected chi connectivity index (χ1v) is 12.9. The number of hydrogen-bond acceptors (Lipinski definition) is 7. The Labute approximate surface area is 218 Å². The average Bonchev–Trinajstić information content (AvgIpc) is 3.55. The molecule has 3 amide bonds. The van der Waals surface area contributed by atoms with Gasteiger partial charge in [-0.05, 0) is 38.1 Å². The average molecular weight is 530 g/mol. The second kappa shape index (κ2) is 11.6. The van der Waals surface area contributed by atoms with Crippen molar-refractivity contribution in [2.75, 3.05) is 42.9 Å². The Morgan fingerprint density at radius 3 is 2.56 bits per heavy atom. The first-order valence-electron chi connectivity index (χ1n) is 11.7. The van der Waals surface area contributed by atoms with Gasteiger partial charge in [0.25, 0.3) is 5.91 Å². The van der Waals surface area contributed by atoms with Crippen molar-refractivity contribution in [1.29, 1.82) is 0 Å². The standard InChI is InChI=1S/C25H28ClN5O4S/c1-17(2)31(24(34)21-8-5-13-35-21)15-22(32)28-25-27-18(16-36-25)14-23(33)30-11-9-29(10-12-30)20-7-4-3-6-19(20)26/h3-8,13,16-17H,9-12,14-15H2,1-2H3,(H,27,28,32). The fourth-order valence-electron chi connectivity index (χ4n) is 3.96. The first-order chi connectivity index (χ1) is 17.3. The number of carbonyl (C=O) groups excluding carboxylic acids is 3. The molecule has 4 rings (SSSR count). The summed E-state index contributed by atoms with van der Waals surface area (Å²) in [6, 6.07) is 10.7. The van der Waals surface area contributed by atoms with Crippen LogP contribution < -0.4 is 10.2 Å². The van der Waals surface area contributed by atoms with Crippen LogP contribution in [0, 0.1) is 0 Å². The van der Waals surface area contributed by atoms with Gasteiger partial charge in [-0.3, -0.25) is 14.4 Å². The highest BCUT2D eigenvalue weighted by atomic mass is 35.5. The van der Waals surface area contributed by atoms with Crippen LogP contribution in [0.4, 0.5) is 10.8 Å². The summed E-state index contributed by atoms with van der Waals surface area (Å²) in [5.41, 5.74) is 1.58. The number of amides is 3. The number of furan rings is 1. The molecule has 1 aliphatic rings. The second-order valence-electron chi connectivity index (χ2n) is 8.69. The lowest BCUT2D eigenvalue weighted by atomic mass is 10.2. The third kappa shape index (κ3) is 6.24. The number of halogens is 1. The summed E-state index contributed by atoms with van der Waals surface area (Å²) in [5, 5.41) is 5.59. The molecule has 11 heteroatoms. The minimum absolute atomic E-state index is 0.00740. The molecule has 190 valence electrons. The summed E-state index contributed by atoms with van der Waals surface area (Å²) in [4.78, 5) is 47.9. The highest BCUT2D eigenvalue weighted by molar-refractivity contribution is 7.13. The van der Waals surface area contributed by atoms with Crippen molar-refractivity contribution < 1.29 is 18.8 Å². The van der Waals surface area contributed by atoms with Gasteiger partial charge in [0.15, 0.2) is 10.9 Å². The Morgan fingerprint density at radius 1 is 1.14 bits per heavy atom. The number of nitrogens with zero attached hydrogens (tertiary/aromatic N) is 4. The third-order valence-electron chi connectivity index (χ3n) is 5.89. The quantitative estimate of drug-likeness (QED) is 0.477. The fraction of sp³-hybridized carbons (Fsp3) is 0.360. The molecule has 1 fully saturated rings. The molecule has 0 saturated carbocycles. The van der Waals surface area contributed by atoms with Crippen molar-refractivity contribution in [3.8, 4) is 0 Å². The molecule has 0 radical (unpaired) electrons. The van der Waals surface area contributed by atoms with Crippen LogP contribution in [0.25, 0.3) is 0 Å². The molecule has 2 aromatic heterocycles. The zero-order chi connectivity index (χ0) is 25.7. The van der Waals surface area contributed by atoms with Crippen molar-refractivity contribution in [2.24, 2.45) is 0 Å². The normalized spacial score (nSPS) is 13.7. The molecule has 3 aromatic rings. The number of para-hydroxylation sites is 1. The van der Waals surface area contributed by atoms with Crippen LogP contribution in [0.5, 0.6) is 0 Å². The molecular weight excluding hydrogens is 502 g/mol. The van der Waals surface area contributed by atoms with Crippen molar-refractivity contribution in [1.82, 2.24) is 14.8 Å². The maximum atomic E-state index is 12.8. The zero-order valence-electron chi connectivity index (χ0n) is 20.1. The summed E-state index contributed by atoms with van der Waals surface area (Å²) in [5.74, 6) is -0.553. The van der Waals surface area contributed by atoms with Crippen LogP contribution in [-0.4, -0.2) is 71.3 Å². The van der Waals surface area contributed by atoms with Gasteiger partial charge in [-0.25, -0.2) is 4.98 Å². The van der Waals surface area contributed by atoms with Gasteiger partial charge in [0, 0.05) is 37.6 Å². The van der Waals surface area contributed by atoms with Gasteiger partial charge in [0.2, 0.25) is 11.8 Å². The predicted octanol–water partition coefficient (Wildman–Crippen LogP) is 3.77. The van der Waals surface area contributed by atoms with E-state index in [0.717, 1.165) is 5.69 Å². The lowest BCUT2D eigenvalue weighted by molar-refractivity contribution is -0.130. The summed E-state index contributed by atoms with van der Waals surface area (Å²) >= 11 is 7.55. The number of anilines is 2. The van der Waals surface area contributed by atoms with Crippen molar-refractivity contribution in [3.63, 3.8) is 0 Å². The Morgan fingerprint density at radius 2 is 1.89 bits per heavy atom. The summed E-state index contributed by atoms with van der Waals surface area (Å²) in [6.45, 7) is 6.14.